The van der Waals surface area contributed by atoms with E-state index >= 15 is 0 Å². The number of hydrogen-bond acceptors (Lipinski definition) is 3. The molecule has 0 aliphatic rings. The maximum absolute atomic E-state index is 11.0. The van der Waals surface area contributed by atoms with Crippen LogP contribution in [-0.4, -0.2) is 30.7 Å². The monoisotopic (exact) mass is 234 g/mol. The molecule has 16 heavy (non-hydrogen) atoms. The second-order valence-corrected chi connectivity index (χ2v) is 4.32. The van der Waals surface area contributed by atoms with E-state index in [-0.39, 0.29) is 0 Å². The molecular weight excluding hydrogens is 220 g/mol. The number of carbonyl (C=O) groups excluding carboxylic acids is 1. The zero-order valence-electron chi connectivity index (χ0n) is 9.43. The van der Waals surface area contributed by atoms with Gasteiger partial charge in [0.25, 0.3) is 0 Å². The fourth-order valence-corrected chi connectivity index (χ4v) is 1.68. The van der Waals surface area contributed by atoms with Gasteiger partial charge in [0.1, 0.15) is 0 Å². The quantitative estimate of drug-likeness (QED) is 0.590. The summed E-state index contributed by atoms with van der Waals surface area (Å²) in [6.45, 7) is 0.574. The van der Waals surface area contributed by atoms with E-state index in [9.17, 15) is 4.79 Å². The van der Waals surface area contributed by atoms with Crippen LogP contribution in [0.2, 0.25) is 0 Å². The minimum absolute atomic E-state index is 0.485. The number of thioether (sulfide) groups is 1. The number of amides is 1. The topological polar surface area (TPSA) is 44.1 Å². The summed E-state index contributed by atoms with van der Waals surface area (Å²) in [5.74, 6) is -0.485. The SMILES string of the molecule is CSc1ccc(CCN(C)C(=O)C#N)cc1. The molecule has 0 radical (unpaired) electrons. The summed E-state index contributed by atoms with van der Waals surface area (Å²) in [6.07, 6.45) is 2.81. The number of carbonyl (C=O) groups is 1. The van der Waals surface area contributed by atoms with Gasteiger partial charge in [-0.2, -0.15) is 5.26 Å². The summed E-state index contributed by atoms with van der Waals surface area (Å²) < 4.78 is 0. The number of hydrogen-bond donors (Lipinski definition) is 0. The number of likely N-dealkylation sites (N-methyl/N-ethyl adjacent to an activating group) is 1. The second-order valence-electron chi connectivity index (χ2n) is 3.44. The van der Waals surface area contributed by atoms with Crippen LogP contribution in [0.25, 0.3) is 0 Å². The molecule has 4 heteroatoms. The van der Waals surface area contributed by atoms with Crippen LogP contribution in [0.5, 0.6) is 0 Å². The van der Waals surface area contributed by atoms with E-state index in [4.69, 9.17) is 5.26 Å². The van der Waals surface area contributed by atoms with E-state index in [2.05, 4.69) is 24.3 Å². The molecule has 0 aliphatic heterocycles. The Hall–Kier alpha value is -1.47. The molecule has 0 heterocycles. The number of nitrogens with zero attached hydrogens (tertiary/aromatic N) is 2. The van der Waals surface area contributed by atoms with Gasteiger partial charge >= 0.3 is 5.91 Å². The summed E-state index contributed by atoms with van der Waals surface area (Å²) in [5.41, 5.74) is 1.18. The third kappa shape index (κ3) is 3.59. The molecule has 1 rings (SSSR count). The molecule has 0 aromatic heterocycles. The summed E-state index contributed by atoms with van der Waals surface area (Å²) >= 11 is 1.70. The standard InChI is InChI=1S/C12H14N2OS/c1-14(12(15)9-13)8-7-10-3-5-11(16-2)6-4-10/h3-6H,7-8H2,1-2H3. The lowest BCUT2D eigenvalue weighted by atomic mass is 10.1. The molecule has 0 saturated heterocycles. The van der Waals surface area contributed by atoms with E-state index in [0.29, 0.717) is 6.54 Å². The normalized spacial score (nSPS) is 9.56. The second kappa shape index (κ2) is 6.19. The Balaban J connectivity index is 2.49. The van der Waals surface area contributed by atoms with Crippen molar-refractivity contribution in [2.45, 2.75) is 11.3 Å². The minimum atomic E-state index is -0.485. The minimum Gasteiger partial charge on any atom is -0.333 e. The van der Waals surface area contributed by atoms with Crippen molar-refractivity contribution < 1.29 is 4.79 Å². The highest BCUT2D eigenvalue weighted by Crippen LogP contribution is 2.15. The molecule has 1 aromatic rings. The smallest absolute Gasteiger partial charge is 0.324 e. The van der Waals surface area contributed by atoms with Crippen molar-refractivity contribution >= 4 is 17.7 Å². The van der Waals surface area contributed by atoms with Gasteiger partial charge in [0.05, 0.1) is 0 Å². The predicted molar refractivity (Wildman–Crippen MR) is 65.2 cm³/mol. The van der Waals surface area contributed by atoms with Gasteiger partial charge in [0.15, 0.2) is 6.07 Å². The van der Waals surface area contributed by atoms with Gasteiger partial charge in [0, 0.05) is 18.5 Å². The van der Waals surface area contributed by atoms with Crippen LogP contribution in [0.15, 0.2) is 29.2 Å². The predicted octanol–water partition coefficient (Wildman–Crippen LogP) is 1.93. The highest BCUT2D eigenvalue weighted by molar-refractivity contribution is 7.98. The molecule has 0 spiro atoms. The van der Waals surface area contributed by atoms with Gasteiger partial charge in [-0.1, -0.05) is 12.1 Å². The van der Waals surface area contributed by atoms with Crippen molar-refractivity contribution in [1.82, 2.24) is 4.90 Å². The lowest BCUT2D eigenvalue weighted by molar-refractivity contribution is -0.124. The highest BCUT2D eigenvalue weighted by atomic mass is 32.2. The van der Waals surface area contributed by atoms with Crippen molar-refractivity contribution in [3.05, 3.63) is 29.8 Å². The number of rotatable bonds is 4. The van der Waals surface area contributed by atoms with Gasteiger partial charge in [-0.15, -0.1) is 11.8 Å². The van der Waals surface area contributed by atoms with Crippen LogP contribution in [0.3, 0.4) is 0 Å². The Morgan fingerprint density at radius 3 is 2.56 bits per heavy atom. The molecule has 0 saturated carbocycles. The van der Waals surface area contributed by atoms with Crippen molar-refractivity contribution in [1.29, 1.82) is 5.26 Å². The summed E-state index contributed by atoms with van der Waals surface area (Å²) in [4.78, 5) is 13.7. The Morgan fingerprint density at radius 1 is 1.44 bits per heavy atom. The van der Waals surface area contributed by atoms with E-state index in [1.807, 2.05) is 6.26 Å². The first-order chi connectivity index (χ1) is 7.67. The third-order valence-corrected chi connectivity index (χ3v) is 3.08. The first-order valence-electron chi connectivity index (χ1n) is 4.95. The molecule has 0 atom stereocenters. The lowest BCUT2D eigenvalue weighted by Gasteiger charge is -2.12. The van der Waals surface area contributed by atoms with Crippen LogP contribution in [-0.2, 0) is 11.2 Å². The van der Waals surface area contributed by atoms with Gasteiger partial charge in [-0.3, -0.25) is 4.79 Å². The molecule has 0 unspecified atom stereocenters. The van der Waals surface area contributed by atoms with Gasteiger partial charge < -0.3 is 4.90 Å². The molecule has 0 bridgehead atoms. The zero-order valence-corrected chi connectivity index (χ0v) is 10.3. The van der Waals surface area contributed by atoms with E-state index < -0.39 is 5.91 Å². The number of nitriles is 1. The Labute approximate surface area is 100 Å². The Kier molecular flexibility index (Phi) is 4.87. The fraction of sp³-hybridized carbons (Fsp3) is 0.333. The van der Waals surface area contributed by atoms with Crippen molar-refractivity contribution in [3.8, 4) is 6.07 Å². The van der Waals surface area contributed by atoms with Crippen molar-refractivity contribution in [2.75, 3.05) is 19.8 Å². The molecular formula is C12H14N2OS. The molecule has 0 fully saturated rings. The van der Waals surface area contributed by atoms with Crippen LogP contribution in [0.4, 0.5) is 0 Å². The maximum atomic E-state index is 11.0. The zero-order chi connectivity index (χ0) is 12.0. The van der Waals surface area contributed by atoms with Crippen molar-refractivity contribution in [3.63, 3.8) is 0 Å². The molecule has 1 aromatic carbocycles. The van der Waals surface area contributed by atoms with Crippen LogP contribution < -0.4 is 0 Å². The summed E-state index contributed by atoms with van der Waals surface area (Å²) in [6, 6.07) is 9.83. The largest absolute Gasteiger partial charge is 0.333 e. The summed E-state index contributed by atoms with van der Waals surface area (Å²) in [7, 11) is 1.64. The first kappa shape index (κ1) is 12.6. The summed E-state index contributed by atoms with van der Waals surface area (Å²) in [5, 5.41) is 8.43. The Morgan fingerprint density at radius 2 is 2.06 bits per heavy atom. The van der Waals surface area contributed by atoms with Crippen LogP contribution in [0.1, 0.15) is 5.56 Å². The van der Waals surface area contributed by atoms with Crippen molar-refractivity contribution in [2.24, 2.45) is 0 Å². The maximum Gasteiger partial charge on any atom is 0.324 e. The van der Waals surface area contributed by atoms with E-state index in [1.54, 1.807) is 24.9 Å². The van der Waals surface area contributed by atoms with E-state index in [0.717, 1.165) is 6.42 Å². The average molecular weight is 234 g/mol. The van der Waals surface area contributed by atoms with Gasteiger partial charge in [-0.05, 0) is 30.4 Å². The van der Waals surface area contributed by atoms with Crippen LogP contribution in [0, 0.1) is 11.3 Å². The lowest BCUT2D eigenvalue weighted by Crippen LogP contribution is -2.27. The molecule has 1 amide bonds. The molecule has 3 nitrogen and oxygen atoms in total. The average Bonchev–Trinajstić information content (AvgIpc) is 2.35. The molecule has 0 aliphatic carbocycles. The van der Waals surface area contributed by atoms with Crippen LogP contribution >= 0.6 is 11.8 Å². The Bertz CT molecular complexity index is 394. The third-order valence-electron chi connectivity index (χ3n) is 2.34. The van der Waals surface area contributed by atoms with Gasteiger partial charge in [-0.25, -0.2) is 0 Å². The molecule has 84 valence electrons. The van der Waals surface area contributed by atoms with E-state index in [1.165, 1.54) is 15.4 Å². The fourth-order valence-electron chi connectivity index (χ4n) is 1.28. The first-order valence-corrected chi connectivity index (χ1v) is 6.18. The molecule has 0 N–H and O–H groups in total. The highest BCUT2D eigenvalue weighted by Gasteiger charge is 2.06. The van der Waals surface area contributed by atoms with Gasteiger partial charge in [0.2, 0.25) is 0 Å². The number of benzene rings is 1.